The summed E-state index contributed by atoms with van der Waals surface area (Å²) in [6.45, 7) is 3.48. The molecule has 0 unspecified atom stereocenters. The van der Waals surface area contributed by atoms with Gasteiger partial charge in [-0.15, -0.1) is 0 Å². The van der Waals surface area contributed by atoms with Gasteiger partial charge in [-0.3, -0.25) is 0 Å². The lowest BCUT2D eigenvalue weighted by Crippen LogP contribution is -2.24. The minimum absolute atomic E-state index is 0.395. The molecule has 0 N–H and O–H groups in total. The van der Waals surface area contributed by atoms with Crippen LogP contribution in [0.2, 0.25) is 0 Å². The van der Waals surface area contributed by atoms with Crippen molar-refractivity contribution in [1.82, 2.24) is 0 Å². The Kier molecular flexibility index (Phi) is 5.13. The summed E-state index contributed by atoms with van der Waals surface area (Å²) in [6.07, 6.45) is -0.737. The van der Waals surface area contributed by atoms with Crippen LogP contribution in [-0.4, -0.2) is 19.2 Å². The molecule has 1 atom stereocenters. The van der Waals surface area contributed by atoms with E-state index in [0.29, 0.717) is 16.9 Å². The number of methoxy groups -OCH3 is 1. The molecular formula is C20H17BrO5. The zero-order valence-corrected chi connectivity index (χ0v) is 16.1. The second-order valence-corrected chi connectivity index (χ2v) is 6.75. The van der Waals surface area contributed by atoms with Crippen molar-refractivity contribution in [3.63, 3.8) is 0 Å². The first-order chi connectivity index (χ1) is 12.4. The van der Waals surface area contributed by atoms with Gasteiger partial charge in [-0.2, -0.15) is 0 Å². The molecule has 3 aromatic rings. The zero-order chi connectivity index (χ0) is 18.8. The zero-order valence-electron chi connectivity index (χ0n) is 14.5. The van der Waals surface area contributed by atoms with Crippen LogP contribution in [0.1, 0.15) is 12.5 Å². The number of fused-ring (bicyclic) bond motifs is 1. The summed E-state index contributed by atoms with van der Waals surface area (Å²) in [5.41, 5.74) is 2.13. The minimum atomic E-state index is -0.737. The summed E-state index contributed by atoms with van der Waals surface area (Å²) in [7, 11) is 1.31. The molecule has 5 nitrogen and oxygen atoms in total. The van der Waals surface area contributed by atoms with Crippen molar-refractivity contribution < 1.29 is 18.7 Å². The van der Waals surface area contributed by atoms with Crippen LogP contribution in [0.5, 0.6) is 5.75 Å². The van der Waals surface area contributed by atoms with Crippen molar-refractivity contribution >= 4 is 32.9 Å². The van der Waals surface area contributed by atoms with Crippen molar-refractivity contribution in [3.05, 3.63) is 62.9 Å². The number of carbonyl (C=O) groups excluding carboxylic acids is 1. The number of esters is 1. The number of rotatable bonds is 4. The highest BCUT2D eigenvalue weighted by Gasteiger charge is 2.17. The van der Waals surface area contributed by atoms with Crippen LogP contribution in [0.3, 0.4) is 0 Å². The topological polar surface area (TPSA) is 65.7 Å². The maximum atomic E-state index is 12.5. The fourth-order valence-electron chi connectivity index (χ4n) is 2.77. The fraction of sp³-hybridized carbons (Fsp3) is 0.200. The van der Waals surface area contributed by atoms with Gasteiger partial charge in [-0.25, -0.2) is 9.59 Å². The SMILES string of the molecule is COC(=O)[C@H](C)Oc1ccc2oc(=O)c(-c3ccc(Br)cc3)c(C)c2c1. The highest BCUT2D eigenvalue weighted by Crippen LogP contribution is 2.30. The second kappa shape index (κ2) is 7.33. The minimum Gasteiger partial charge on any atom is -0.479 e. The molecule has 1 aromatic heterocycles. The van der Waals surface area contributed by atoms with Crippen LogP contribution in [-0.2, 0) is 9.53 Å². The maximum absolute atomic E-state index is 12.5. The third kappa shape index (κ3) is 3.51. The fourth-order valence-corrected chi connectivity index (χ4v) is 3.04. The van der Waals surface area contributed by atoms with Gasteiger partial charge in [-0.1, -0.05) is 28.1 Å². The number of benzene rings is 2. The molecule has 0 bridgehead atoms. The van der Waals surface area contributed by atoms with E-state index in [4.69, 9.17) is 9.15 Å². The molecule has 0 radical (unpaired) electrons. The number of hydrogen-bond donors (Lipinski definition) is 0. The molecule has 0 aliphatic heterocycles. The van der Waals surface area contributed by atoms with E-state index in [1.54, 1.807) is 25.1 Å². The molecule has 134 valence electrons. The van der Waals surface area contributed by atoms with E-state index in [2.05, 4.69) is 20.7 Å². The van der Waals surface area contributed by atoms with Gasteiger partial charge in [-0.05, 0) is 55.3 Å². The van der Waals surface area contributed by atoms with E-state index < -0.39 is 17.7 Å². The third-order valence-corrected chi connectivity index (χ3v) is 4.64. The summed E-state index contributed by atoms with van der Waals surface area (Å²) in [4.78, 5) is 24.0. The average Bonchev–Trinajstić information content (AvgIpc) is 2.63. The van der Waals surface area contributed by atoms with Crippen LogP contribution in [0.15, 0.2) is 56.1 Å². The molecular weight excluding hydrogens is 400 g/mol. The molecule has 0 aliphatic carbocycles. The van der Waals surface area contributed by atoms with E-state index >= 15 is 0 Å². The quantitative estimate of drug-likeness (QED) is 0.463. The van der Waals surface area contributed by atoms with Gasteiger partial charge in [0.15, 0.2) is 6.10 Å². The first-order valence-electron chi connectivity index (χ1n) is 7.98. The Morgan fingerprint density at radius 2 is 1.85 bits per heavy atom. The number of halogens is 1. The summed E-state index contributed by atoms with van der Waals surface area (Å²) in [6, 6.07) is 12.5. The highest BCUT2D eigenvalue weighted by atomic mass is 79.9. The van der Waals surface area contributed by atoms with Crippen LogP contribution in [0.4, 0.5) is 0 Å². The molecule has 2 aromatic carbocycles. The lowest BCUT2D eigenvalue weighted by Gasteiger charge is -2.14. The molecule has 0 spiro atoms. The summed E-state index contributed by atoms with van der Waals surface area (Å²) < 4.78 is 16.7. The molecule has 0 aliphatic rings. The van der Waals surface area contributed by atoms with Crippen LogP contribution < -0.4 is 10.4 Å². The maximum Gasteiger partial charge on any atom is 0.346 e. The van der Waals surface area contributed by atoms with Crippen LogP contribution in [0, 0.1) is 6.92 Å². The van der Waals surface area contributed by atoms with E-state index in [1.807, 2.05) is 31.2 Å². The Labute approximate surface area is 158 Å². The van der Waals surface area contributed by atoms with Crippen molar-refractivity contribution in [2.75, 3.05) is 7.11 Å². The Bertz CT molecular complexity index is 1020. The van der Waals surface area contributed by atoms with Crippen LogP contribution >= 0.6 is 15.9 Å². The third-order valence-electron chi connectivity index (χ3n) is 4.12. The van der Waals surface area contributed by atoms with E-state index in [0.717, 1.165) is 21.0 Å². The van der Waals surface area contributed by atoms with Gasteiger partial charge in [0.05, 0.1) is 12.7 Å². The van der Waals surface area contributed by atoms with Crippen molar-refractivity contribution in [2.45, 2.75) is 20.0 Å². The van der Waals surface area contributed by atoms with E-state index in [9.17, 15) is 9.59 Å². The first kappa shape index (κ1) is 18.2. The van der Waals surface area contributed by atoms with Crippen molar-refractivity contribution in [2.24, 2.45) is 0 Å². The number of ether oxygens (including phenoxy) is 2. The lowest BCUT2D eigenvalue weighted by atomic mass is 9.99. The number of aryl methyl sites for hydroxylation is 1. The first-order valence-corrected chi connectivity index (χ1v) is 8.78. The smallest absolute Gasteiger partial charge is 0.346 e. The molecule has 0 fully saturated rings. The van der Waals surface area contributed by atoms with Gasteiger partial charge in [0, 0.05) is 9.86 Å². The number of hydrogen-bond acceptors (Lipinski definition) is 5. The Hall–Kier alpha value is -2.60. The summed E-state index contributed by atoms with van der Waals surface area (Å²) in [5, 5.41) is 0.747. The van der Waals surface area contributed by atoms with Gasteiger partial charge in [0.25, 0.3) is 0 Å². The molecule has 0 amide bonds. The molecule has 26 heavy (non-hydrogen) atoms. The Morgan fingerprint density at radius 3 is 2.50 bits per heavy atom. The van der Waals surface area contributed by atoms with E-state index in [-0.39, 0.29) is 0 Å². The summed E-state index contributed by atoms with van der Waals surface area (Å²) in [5.74, 6) is 0.0334. The Balaban J connectivity index is 2.10. The van der Waals surface area contributed by atoms with E-state index in [1.165, 1.54) is 7.11 Å². The van der Waals surface area contributed by atoms with Gasteiger partial charge in [0.2, 0.25) is 0 Å². The standard InChI is InChI=1S/C20H17BrO5/c1-11-16-10-15(25-12(2)19(22)24-3)8-9-17(16)26-20(23)18(11)13-4-6-14(21)7-5-13/h4-10,12H,1-3H3/t12-/m0/s1. The molecule has 0 saturated carbocycles. The lowest BCUT2D eigenvalue weighted by molar-refractivity contribution is -0.147. The monoisotopic (exact) mass is 416 g/mol. The van der Waals surface area contributed by atoms with Gasteiger partial charge < -0.3 is 13.9 Å². The average molecular weight is 417 g/mol. The predicted molar refractivity (Wildman–Crippen MR) is 102 cm³/mol. The number of carbonyl (C=O) groups is 1. The second-order valence-electron chi connectivity index (χ2n) is 5.84. The van der Waals surface area contributed by atoms with Gasteiger partial charge in [0.1, 0.15) is 11.3 Å². The summed E-state index contributed by atoms with van der Waals surface area (Å²) >= 11 is 3.39. The normalized spacial score (nSPS) is 12.0. The molecule has 1 heterocycles. The molecule has 6 heteroatoms. The molecule has 0 saturated heterocycles. The van der Waals surface area contributed by atoms with Crippen molar-refractivity contribution in [3.8, 4) is 16.9 Å². The Morgan fingerprint density at radius 1 is 1.15 bits per heavy atom. The highest BCUT2D eigenvalue weighted by molar-refractivity contribution is 9.10. The van der Waals surface area contributed by atoms with Crippen LogP contribution in [0.25, 0.3) is 22.1 Å². The molecule has 3 rings (SSSR count). The van der Waals surface area contributed by atoms with Gasteiger partial charge >= 0.3 is 11.6 Å². The van der Waals surface area contributed by atoms with Crippen molar-refractivity contribution in [1.29, 1.82) is 0 Å². The predicted octanol–water partition coefficient (Wildman–Crippen LogP) is 4.47. The largest absolute Gasteiger partial charge is 0.479 e.